The van der Waals surface area contributed by atoms with Crippen LogP contribution in [0.25, 0.3) is 11.2 Å². The van der Waals surface area contributed by atoms with Crippen molar-refractivity contribution in [2.45, 2.75) is 46.1 Å². The summed E-state index contributed by atoms with van der Waals surface area (Å²) in [6, 6.07) is 6.70. The largest absolute Gasteiger partial charge is 0.508 e. The maximum atomic E-state index is 12.4. The molecule has 3 aromatic rings. The van der Waals surface area contributed by atoms with Crippen LogP contribution in [0.1, 0.15) is 45.1 Å². The number of aromatic hydroxyl groups is 1. The van der Waals surface area contributed by atoms with Crippen LogP contribution >= 0.6 is 0 Å². The third kappa shape index (κ3) is 4.39. The number of hydrogen-bond donors (Lipinski definition) is 3. The predicted octanol–water partition coefficient (Wildman–Crippen LogP) is 2.55. The summed E-state index contributed by atoms with van der Waals surface area (Å²) in [5.41, 5.74) is 4.17. The minimum Gasteiger partial charge on any atom is -0.508 e. The van der Waals surface area contributed by atoms with Crippen molar-refractivity contribution in [3.8, 4) is 5.75 Å². The van der Waals surface area contributed by atoms with Crippen LogP contribution in [-0.2, 0) is 13.6 Å². The molecule has 0 radical (unpaired) electrons. The summed E-state index contributed by atoms with van der Waals surface area (Å²) in [5.74, 6) is 0.588. The molecule has 154 valence electrons. The lowest BCUT2D eigenvalue weighted by atomic mass is 10.1. The van der Waals surface area contributed by atoms with Crippen molar-refractivity contribution in [1.82, 2.24) is 19.1 Å². The first-order valence-corrected chi connectivity index (χ1v) is 9.71. The zero-order chi connectivity index (χ0) is 21.0. The third-order valence-corrected chi connectivity index (χ3v) is 4.85. The molecule has 0 saturated heterocycles. The number of unbranched alkanes of at least 4 members (excludes halogenated alkanes) is 3. The Bertz CT molecular complexity index is 1140. The number of anilines is 1. The van der Waals surface area contributed by atoms with Gasteiger partial charge in [-0.1, -0.05) is 26.2 Å². The van der Waals surface area contributed by atoms with E-state index in [0.29, 0.717) is 29.4 Å². The SMILES string of the molecule is CCCCCCn1c(NN=C(C)c2ccc(O)cc2)nc2c1c(=O)[nH]c(=O)n2C. The number of rotatable bonds is 8. The van der Waals surface area contributed by atoms with Gasteiger partial charge in [0.25, 0.3) is 5.56 Å². The second kappa shape index (κ2) is 8.76. The van der Waals surface area contributed by atoms with Crippen LogP contribution in [0.3, 0.4) is 0 Å². The molecular formula is C20H26N6O3. The van der Waals surface area contributed by atoms with Crippen molar-refractivity contribution in [2.24, 2.45) is 12.1 Å². The van der Waals surface area contributed by atoms with Crippen molar-refractivity contribution >= 4 is 22.8 Å². The zero-order valence-electron chi connectivity index (χ0n) is 16.9. The van der Waals surface area contributed by atoms with E-state index in [4.69, 9.17) is 0 Å². The summed E-state index contributed by atoms with van der Waals surface area (Å²) in [6.45, 7) is 4.56. The Kier molecular flexibility index (Phi) is 6.16. The van der Waals surface area contributed by atoms with Gasteiger partial charge in [0.05, 0.1) is 5.71 Å². The van der Waals surface area contributed by atoms with Crippen molar-refractivity contribution in [3.05, 3.63) is 50.7 Å². The fraction of sp³-hybridized carbons (Fsp3) is 0.400. The van der Waals surface area contributed by atoms with Crippen molar-refractivity contribution in [3.63, 3.8) is 0 Å². The molecule has 2 aromatic heterocycles. The van der Waals surface area contributed by atoms with E-state index in [1.807, 2.05) is 6.92 Å². The molecule has 0 aliphatic heterocycles. The molecule has 0 spiro atoms. The number of benzene rings is 1. The first-order valence-electron chi connectivity index (χ1n) is 9.71. The van der Waals surface area contributed by atoms with Gasteiger partial charge in [0, 0.05) is 13.6 Å². The number of aromatic amines is 1. The number of H-pyrrole nitrogens is 1. The summed E-state index contributed by atoms with van der Waals surface area (Å²) in [5, 5.41) is 13.8. The van der Waals surface area contributed by atoms with E-state index in [1.54, 1.807) is 35.9 Å². The highest BCUT2D eigenvalue weighted by molar-refractivity contribution is 5.99. The minimum atomic E-state index is -0.506. The lowest BCUT2D eigenvalue weighted by Crippen LogP contribution is -2.29. The van der Waals surface area contributed by atoms with Gasteiger partial charge in [-0.3, -0.25) is 14.3 Å². The molecule has 0 aliphatic rings. The Hall–Kier alpha value is -3.36. The van der Waals surface area contributed by atoms with Crippen LogP contribution in [0.2, 0.25) is 0 Å². The third-order valence-electron chi connectivity index (χ3n) is 4.85. The molecule has 0 unspecified atom stereocenters. The van der Waals surface area contributed by atoms with Crippen molar-refractivity contribution in [2.75, 3.05) is 5.43 Å². The number of nitrogens with zero attached hydrogens (tertiary/aromatic N) is 4. The van der Waals surface area contributed by atoms with Crippen LogP contribution in [0.15, 0.2) is 39.0 Å². The molecule has 0 fully saturated rings. The van der Waals surface area contributed by atoms with Crippen molar-refractivity contribution < 1.29 is 5.11 Å². The monoisotopic (exact) mass is 398 g/mol. The number of hydrogen-bond acceptors (Lipinski definition) is 6. The average molecular weight is 398 g/mol. The van der Waals surface area contributed by atoms with Gasteiger partial charge >= 0.3 is 5.69 Å². The molecule has 1 aromatic carbocycles. The first kappa shape index (κ1) is 20.4. The zero-order valence-corrected chi connectivity index (χ0v) is 16.9. The van der Waals surface area contributed by atoms with Crippen LogP contribution in [0.4, 0.5) is 5.95 Å². The van der Waals surface area contributed by atoms with Crippen LogP contribution in [0, 0.1) is 0 Å². The number of hydrazone groups is 1. The molecule has 2 heterocycles. The number of imidazole rings is 1. The highest BCUT2D eigenvalue weighted by Gasteiger charge is 2.17. The smallest absolute Gasteiger partial charge is 0.329 e. The fourth-order valence-electron chi connectivity index (χ4n) is 3.14. The van der Waals surface area contributed by atoms with Gasteiger partial charge in [-0.05, 0) is 43.2 Å². The second-order valence-corrected chi connectivity index (χ2v) is 6.99. The molecule has 3 rings (SSSR count). The van der Waals surface area contributed by atoms with E-state index in [2.05, 4.69) is 27.4 Å². The normalized spacial score (nSPS) is 11.9. The molecule has 3 N–H and O–H groups in total. The number of phenols is 1. The first-order chi connectivity index (χ1) is 13.9. The van der Waals surface area contributed by atoms with E-state index >= 15 is 0 Å². The van der Waals surface area contributed by atoms with Crippen molar-refractivity contribution in [1.29, 1.82) is 0 Å². The van der Waals surface area contributed by atoms with E-state index in [0.717, 1.165) is 31.2 Å². The summed E-state index contributed by atoms with van der Waals surface area (Å²) in [6.07, 6.45) is 4.15. The Morgan fingerprint density at radius 3 is 2.62 bits per heavy atom. The van der Waals surface area contributed by atoms with Gasteiger partial charge in [-0.25, -0.2) is 10.2 Å². The number of aromatic nitrogens is 4. The van der Waals surface area contributed by atoms with Gasteiger partial charge in [-0.2, -0.15) is 10.1 Å². The molecule has 0 saturated carbocycles. The Labute approximate surface area is 167 Å². The quantitative estimate of drug-likeness (QED) is 0.306. The van der Waals surface area contributed by atoms with E-state index in [-0.39, 0.29) is 5.75 Å². The van der Waals surface area contributed by atoms with Gasteiger partial charge in [0.1, 0.15) is 5.75 Å². The average Bonchev–Trinajstić information content (AvgIpc) is 3.07. The molecule has 29 heavy (non-hydrogen) atoms. The molecule has 0 aliphatic carbocycles. The highest BCUT2D eigenvalue weighted by Crippen LogP contribution is 2.18. The number of nitrogens with one attached hydrogen (secondary N) is 2. The Morgan fingerprint density at radius 2 is 1.93 bits per heavy atom. The lowest BCUT2D eigenvalue weighted by molar-refractivity contribution is 0.475. The molecular weight excluding hydrogens is 372 g/mol. The molecule has 9 nitrogen and oxygen atoms in total. The number of aryl methyl sites for hydroxylation is 2. The van der Waals surface area contributed by atoms with E-state index in [1.165, 1.54) is 4.57 Å². The number of fused-ring (bicyclic) bond motifs is 1. The fourth-order valence-corrected chi connectivity index (χ4v) is 3.14. The van der Waals surface area contributed by atoms with E-state index < -0.39 is 11.2 Å². The van der Waals surface area contributed by atoms with Gasteiger partial charge < -0.3 is 9.67 Å². The predicted molar refractivity (Wildman–Crippen MR) is 114 cm³/mol. The molecule has 0 atom stereocenters. The van der Waals surface area contributed by atoms with E-state index in [9.17, 15) is 14.7 Å². The molecule has 0 bridgehead atoms. The topological polar surface area (TPSA) is 117 Å². The second-order valence-electron chi connectivity index (χ2n) is 6.99. The van der Waals surface area contributed by atoms with Gasteiger partial charge in [0.2, 0.25) is 5.95 Å². The molecule has 0 amide bonds. The lowest BCUT2D eigenvalue weighted by Gasteiger charge is -2.09. The standard InChI is InChI=1S/C20H26N6O3/c1-4-5-6-7-12-26-16-17(25(3)20(29)22-18(16)28)21-19(26)24-23-13(2)14-8-10-15(27)11-9-14/h8-11,27H,4-7,12H2,1-3H3,(H,21,24)(H,22,28,29). The summed E-state index contributed by atoms with van der Waals surface area (Å²) >= 11 is 0. The molecule has 9 heteroatoms. The summed E-state index contributed by atoms with van der Waals surface area (Å²) in [7, 11) is 1.57. The van der Waals surface area contributed by atoms with Gasteiger partial charge in [-0.15, -0.1) is 0 Å². The van der Waals surface area contributed by atoms with Crippen LogP contribution < -0.4 is 16.7 Å². The maximum Gasteiger partial charge on any atom is 0.329 e. The Morgan fingerprint density at radius 1 is 1.21 bits per heavy atom. The minimum absolute atomic E-state index is 0.184. The summed E-state index contributed by atoms with van der Waals surface area (Å²) in [4.78, 5) is 31.2. The number of phenolic OH excluding ortho intramolecular Hbond substituents is 1. The highest BCUT2D eigenvalue weighted by atomic mass is 16.3. The summed E-state index contributed by atoms with van der Waals surface area (Å²) < 4.78 is 3.10. The Balaban J connectivity index is 1.98. The van der Waals surface area contributed by atoms with Gasteiger partial charge in [0.15, 0.2) is 11.2 Å². The maximum absolute atomic E-state index is 12.4. The van der Waals surface area contributed by atoms with Crippen LogP contribution in [-0.4, -0.2) is 29.9 Å². The van der Waals surface area contributed by atoms with Crippen LogP contribution in [0.5, 0.6) is 5.75 Å².